The number of nitrogens with zero attached hydrogens (tertiary/aromatic N) is 5. The van der Waals surface area contributed by atoms with Crippen molar-refractivity contribution >= 4 is 51.0 Å². The van der Waals surface area contributed by atoms with Gasteiger partial charge < -0.3 is 16.4 Å². The van der Waals surface area contributed by atoms with Gasteiger partial charge in [0.25, 0.3) is 0 Å². The van der Waals surface area contributed by atoms with Gasteiger partial charge >= 0.3 is 0 Å². The second kappa shape index (κ2) is 12.5. The lowest BCUT2D eigenvalue weighted by atomic mass is 9.80. The molecule has 2 unspecified atom stereocenters. The smallest absolute Gasteiger partial charge is 0.227 e. The molecule has 4 aromatic rings. The van der Waals surface area contributed by atoms with Gasteiger partial charge in [0.1, 0.15) is 0 Å². The Morgan fingerprint density at radius 2 is 1.22 bits per heavy atom. The van der Waals surface area contributed by atoms with Crippen LogP contribution in [0.2, 0.25) is 0 Å². The molecule has 10 nitrogen and oxygen atoms in total. The minimum atomic E-state index is -0.00157. The molecule has 0 saturated carbocycles. The van der Waals surface area contributed by atoms with Crippen LogP contribution in [-0.4, -0.2) is 44.0 Å². The number of carbonyl (C=O) groups is 3. The molecule has 4 N–H and O–H groups in total. The molecule has 3 aliphatic rings. The summed E-state index contributed by atoms with van der Waals surface area (Å²) in [5, 5.41) is 0. The number of amides is 1. The summed E-state index contributed by atoms with van der Waals surface area (Å²) < 4.78 is 1.03. The van der Waals surface area contributed by atoms with Gasteiger partial charge in [-0.2, -0.15) is 0 Å². The first kappa shape index (κ1) is 30.5. The fourth-order valence-corrected chi connectivity index (χ4v) is 7.43. The Morgan fingerprint density at radius 1 is 0.711 bits per heavy atom. The minimum Gasteiger partial charge on any atom is -0.368 e. The van der Waals surface area contributed by atoms with Crippen molar-refractivity contribution in [3.05, 3.63) is 98.0 Å². The number of rotatable bonds is 3. The van der Waals surface area contributed by atoms with Crippen molar-refractivity contribution < 1.29 is 14.4 Å². The molecule has 230 valence electrons. The van der Waals surface area contributed by atoms with Gasteiger partial charge in [-0.05, 0) is 68.2 Å². The molecule has 1 aliphatic heterocycles. The first-order valence-electron chi connectivity index (χ1n) is 15.1. The van der Waals surface area contributed by atoms with E-state index < -0.39 is 0 Å². The summed E-state index contributed by atoms with van der Waals surface area (Å²) in [6, 6.07) is 15.9. The van der Waals surface area contributed by atoms with Gasteiger partial charge in [-0.25, -0.2) is 19.9 Å². The number of halogens is 1. The molecule has 1 fully saturated rings. The topological polar surface area (TPSA) is 158 Å². The van der Waals surface area contributed by atoms with Crippen molar-refractivity contribution in [1.82, 2.24) is 19.9 Å². The Labute approximate surface area is 269 Å². The molecule has 2 atom stereocenters. The van der Waals surface area contributed by atoms with Gasteiger partial charge in [-0.15, -0.1) is 0 Å². The zero-order chi connectivity index (χ0) is 31.8. The van der Waals surface area contributed by atoms with Crippen molar-refractivity contribution in [3.63, 3.8) is 0 Å². The van der Waals surface area contributed by atoms with Crippen LogP contribution in [0.5, 0.6) is 0 Å². The van der Waals surface area contributed by atoms with E-state index in [1.807, 2.05) is 60.4 Å². The van der Waals surface area contributed by atoms with Crippen LogP contribution in [0.3, 0.4) is 0 Å². The average Bonchev–Trinajstić information content (AvgIpc) is 3.42. The van der Waals surface area contributed by atoms with Crippen molar-refractivity contribution in [1.29, 1.82) is 0 Å². The van der Waals surface area contributed by atoms with Crippen LogP contribution in [0.15, 0.2) is 53.0 Å². The van der Waals surface area contributed by atoms with Crippen LogP contribution in [0.1, 0.15) is 92.1 Å². The molecule has 2 aromatic heterocycles. The Kier molecular flexibility index (Phi) is 8.46. The van der Waals surface area contributed by atoms with E-state index in [2.05, 4.69) is 35.9 Å². The second-order valence-electron chi connectivity index (χ2n) is 11.8. The predicted octanol–water partition coefficient (Wildman–Crippen LogP) is 5.45. The number of nitrogen functional groups attached to an aromatic ring is 2. The molecule has 1 amide bonds. The van der Waals surface area contributed by atoms with E-state index in [1.165, 1.54) is 0 Å². The third-order valence-electron chi connectivity index (χ3n) is 8.75. The molecule has 0 radical (unpaired) electrons. The summed E-state index contributed by atoms with van der Waals surface area (Å²) in [4.78, 5) is 55.9. The highest BCUT2D eigenvalue weighted by molar-refractivity contribution is 9.10. The summed E-state index contributed by atoms with van der Waals surface area (Å²) in [7, 11) is 0. The van der Waals surface area contributed by atoms with Gasteiger partial charge in [0, 0.05) is 36.0 Å². The zero-order valence-electron chi connectivity index (χ0n) is 25.2. The van der Waals surface area contributed by atoms with Crippen molar-refractivity contribution in [2.75, 3.05) is 22.9 Å². The molecule has 0 bridgehead atoms. The van der Waals surface area contributed by atoms with Gasteiger partial charge in [0.15, 0.2) is 11.6 Å². The first-order chi connectivity index (χ1) is 21.6. The lowest BCUT2D eigenvalue weighted by Gasteiger charge is -2.28. The minimum absolute atomic E-state index is 0.00157. The standard InChI is InChI=1S/C19H20N4O2.C15H14BrN3O/c1-11-18-14(22-19(20)21-11)9-12(10-16(18)24)13-5-2-3-6-15(13)23-8-4-7-17(23)25;1-8-14-12(19-15(17)18-8)6-9(7-13(14)20)10-4-2-3-5-11(10)16/h2-3,5-6,12H,4,7-10H2,1H3,(H2,20,21,22);2-5,9H,6-7H2,1H3,(H2,17,18,19). The SMILES string of the molecule is Cc1nc(N)nc2c1C(=O)CC(c1ccccc1Br)C2.Cc1nc(N)nc2c1C(=O)CC(c1ccccc1N1CCCC1=O)C2. The molecule has 2 aliphatic carbocycles. The number of hydrogen-bond acceptors (Lipinski definition) is 9. The summed E-state index contributed by atoms with van der Waals surface area (Å²) in [5.41, 5.74) is 18.7. The van der Waals surface area contributed by atoms with E-state index in [1.54, 1.807) is 6.92 Å². The number of aryl methyl sites for hydroxylation is 2. The number of Topliss-reactive ketones (excluding diaryl/α,β-unsaturated/α-hetero) is 2. The number of hydrogen-bond donors (Lipinski definition) is 2. The quantitative estimate of drug-likeness (QED) is 0.290. The normalized spacial score (nSPS) is 19.1. The molecule has 3 heterocycles. The Bertz CT molecular complexity index is 1840. The fraction of sp³-hybridized carbons (Fsp3) is 0.324. The Balaban J connectivity index is 0.000000163. The number of fused-ring (bicyclic) bond motifs is 2. The molecule has 7 rings (SSSR count). The Hall–Kier alpha value is -4.51. The average molecular weight is 669 g/mol. The van der Waals surface area contributed by atoms with Crippen LogP contribution in [0.4, 0.5) is 17.6 Å². The fourth-order valence-electron chi connectivity index (χ4n) is 6.82. The second-order valence-corrected chi connectivity index (χ2v) is 12.6. The van der Waals surface area contributed by atoms with Crippen molar-refractivity contribution in [2.45, 2.75) is 64.2 Å². The summed E-state index contributed by atoms with van der Waals surface area (Å²) in [6.07, 6.45) is 3.71. The monoisotopic (exact) mass is 667 g/mol. The van der Waals surface area contributed by atoms with Crippen LogP contribution in [0.25, 0.3) is 0 Å². The highest BCUT2D eigenvalue weighted by Gasteiger charge is 2.33. The third kappa shape index (κ3) is 6.09. The Morgan fingerprint density at radius 3 is 1.76 bits per heavy atom. The lowest BCUT2D eigenvalue weighted by molar-refractivity contribution is -0.117. The number of ketones is 2. The predicted molar refractivity (Wildman–Crippen MR) is 175 cm³/mol. The zero-order valence-corrected chi connectivity index (χ0v) is 26.8. The number of anilines is 3. The number of carbonyl (C=O) groups excluding carboxylic acids is 3. The van der Waals surface area contributed by atoms with Gasteiger partial charge in [-0.3, -0.25) is 14.4 Å². The molecule has 1 saturated heterocycles. The van der Waals surface area contributed by atoms with E-state index in [9.17, 15) is 14.4 Å². The summed E-state index contributed by atoms with van der Waals surface area (Å²) >= 11 is 3.55. The molecule has 45 heavy (non-hydrogen) atoms. The maximum absolute atomic E-state index is 12.7. The molecule has 0 spiro atoms. The van der Waals surface area contributed by atoms with E-state index >= 15 is 0 Å². The summed E-state index contributed by atoms with van der Waals surface area (Å²) in [5.74, 6) is 0.875. The molecular weight excluding hydrogens is 634 g/mol. The van der Waals surface area contributed by atoms with E-state index in [-0.39, 0.29) is 41.2 Å². The lowest BCUT2D eigenvalue weighted by Crippen LogP contribution is -2.28. The van der Waals surface area contributed by atoms with Crippen molar-refractivity contribution in [3.8, 4) is 0 Å². The number of benzene rings is 2. The van der Waals surface area contributed by atoms with Gasteiger partial charge in [0.2, 0.25) is 17.8 Å². The highest BCUT2D eigenvalue weighted by atomic mass is 79.9. The van der Waals surface area contributed by atoms with E-state index in [0.29, 0.717) is 53.9 Å². The summed E-state index contributed by atoms with van der Waals surface area (Å²) in [6.45, 7) is 4.35. The number of nitrogens with two attached hydrogens (primary N) is 2. The van der Waals surface area contributed by atoms with Gasteiger partial charge in [0.05, 0.1) is 33.9 Å². The molecule has 11 heteroatoms. The molecule has 2 aromatic carbocycles. The van der Waals surface area contributed by atoms with Crippen LogP contribution < -0.4 is 16.4 Å². The maximum atomic E-state index is 12.7. The first-order valence-corrected chi connectivity index (χ1v) is 15.9. The van der Waals surface area contributed by atoms with Crippen LogP contribution in [0, 0.1) is 13.8 Å². The van der Waals surface area contributed by atoms with Gasteiger partial charge in [-0.1, -0.05) is 52.3 Å². The van der Waals surface area contributed by atoms with Crippen molar-refractivity contribution in [2.24, 2.45) is 0 Å². The van der Waals surface area contributed by atoms with E-state index in [4.69, 9.17) is 11.5 Å². The number of aromatic nitrogens is 4. The van der Waals surface area contributed by atoms with E-state index in [0.717, 1.165) is 46.4 Å². The maximum Gasteiger partial charge on any atom is 0.227 e. The third-order valence-corrected chi connectivity index (χ3v) is 9.47. The largest absolute Gasteiger partial charge is 0.368 e. The number of para-hydroxylation sites is 1. The molecular formula is C34H34BrN7O3. The highest BCUT2D eigenvalue weighted by Crippen LogP contribution is 2.39. The van der Waals surface area contributed by atoms with Crippen LogP contribution >= 0.6 is 15.9 Å². The van der Waals surface area contributed by atoms with Crippen LogP contribution in [-0.2, 0) is 17.6 Å².